The average molecular weight is 387 g/mol. The van der Waals surface area contributed by atoms with E-state index in [9.17, 15) is 4.79 Å². The third-order valence-electron chi connectivity index (χ3n) is 4.53. The fourth-order valence-electron chi connectivity index (χ4n) is 3.10. The molecule has 27 heavy (non-hydrogen) atoms. The van der Waals surface area contributed by atoms with E-state index >= 15 is 0 Å². The van der Waals surface area contributed by atoms with Crippen molar-refractivity contribution in [1.29, 1.82) is 0 Å². The molecule has 8 heteroatoms. The van der Waals surface area contributed by atoms with E-state index in [0.717, 1.165) is 31.2 Å². The minimum absolute atomic E-state index is 0.0750. The predicted molar refractivity (Wildman–Crippen MR) is 111 cm³/mol. The molecule has 1 fully saturated rings. The fourth-order valence-corrected chi connectivity index (χ4v) is 3.82. The van der Waals surface area contributed by atoms with Crippen LogP contribution in [0.25, 0.3) is 0 Å². The predicted octanol–water partition coefficient (Wildman–Crippen LogP) is 1.63. The van der Waals surface area contributed by atoms with Crippen molar-refractivity contribution in [1.82, 2.24) is 20.9 Å². The summed E-state index contributed by atoms with van der Waals surface area (Å²) in [5.41, 5.74) is 3.71. The summed E-state index contributed by atoms with van der Waals surface area (Å²) in [6.07, 6.45) is 1.07. The third kappa shape index (κ3) is 5.19. The number of aromatic nitrogens is 1. The van der Waals surface area contributed by atoms with Crippen molar-refractivity contribution in [3.63, 3.8) is 0 Å². The van der Waals surface area contributed by atoms with Gasteiger partial charge in [-0.3, -0.25) is 9.79 Å². The largest absolute Gasteiger partial charge is 0.369 e. The smallest absolute Gasteiger partial charge is 0.263 e. The Hall–Kier alpha value is -2.61. The van der Waals surface area contributed by atoms with Crippen LogP contribution in [-0.2, 0) is 0 Å². The number of aliphatic imine (C=N–C) groups is 1. The van der Waals surface area contributed by atoms with E-state index in [4.69, 9.17) is 0 Å². The number of hydrogen-bond acceptors (Lipinski definition) is 5. The van der Waals surface area contributed by atoms with E-state index in [1.165, 1.54) is 17.0 Å². The monoisotopic (exact) mass is 386 g/mol. The molecule has 3 N–H and O–H groups in total. The highest BCUT2D eigenvalue weighted by molar-refractivity contribution is 7.11. The van der Waals surface area contributed by atoms with Crippen LogP contribution in [0.15, 0.2) is 40.8 Å². The molecule has 0 radical (unpaired) electrons. The number of carbonyl (C=O) groups excluding carboxylic acids is 1. The van der Waals surface area contributed by atoms with Crippen molar-refractivity contribution in [2.45, 2.75) is 19.4 Å². The van der Waals surface area contributed by atoms with Gasteiger partial charge in [-0.05, 0) is 25.5 Å². The third-order valence-corrected chi connectivity index (χ3v) is 5.46. The van der Waals surface area contributed by atoms with Crippen LogP contribution in [0.1, 0.15) is 21.8 Å². The molecule has 0 saturated carbocycles. The van der Waals surface area contributed by atoms with Crippen molar-refractivity contribution in [3.05, 3.63) is 46.4 Å². The van der Waals surface area contributed by atoms with E-state index in [0.29, 0.717) is 24.0 Å². The molecule has 1 aromatic heterocycles. The van der Waals surface area contributed by atoms with Gasteiger partial charge < -0.3 is 20.9 Å². The van der Waals surface area contributed by atoms with Crippen LogP contribution < -0.4 is 20.9 Å². The SMILES string of the molecule is CN=C(NCCNC(=O)c1scnc1C)NC1CCN(c2ccccc2)C1. The van der Waals surface area contributed by atoms with Gasteiger partial charge in [0.25, 0.3) is 5.91 Å². The van der Waals surface area contributed by atoms with E-state index in [-0.39, 0.29) is 5.91 Å². The van der Waals surface area contributed by atoms with Gasteiger partial charge >= 0.3 is 0 Å². The normalized spacial score (nSPS) is 17.0. The number of nitrogens with zero attached hydrogens (tertiary/aromatic N) is 3. The standard InChI is InChI=1S/C19H26N6OS/c1-14-17(27-13-23-14)18(26)21-9-10-22-19(20-2)24-15-8-11-25(12-15)16-6-4-3-5-7-16/h3-7,13,15H,8-12H2,1-2H3,(H,21,26)(H2,20,22,24). The van der Waals surface area contributed by atoms with Gasteiger partial charge in [0.05, 0.1) is 11.2 Å². The second-order valence-electron chi connectivity index (χ2n) is 6.43. The number of para-hydroxylation sites is 1. The highest BCUT2D eigenvalue weighted by Crippen LogP contribution is 2.19. The maximum atomic E-state index is 12.1. The van der Waals surface area contributed by atoms with Crippen molar-refractivity contribution in [2.75, 3.05) is 38.1 Å². The molecule has 144 valence electrons. The molecule has 1 unspecified atom stereocenters. The number of guanidine groups is 1. The summed E-state index contributed by atoms with van der Waals surface area (Å²) in [6.45, 7) is 4.96. The minimum Gasteiger partial charge on any atom is -0.369 e. The average Bonchev–Trinajstić information content (AvgIpc) is 3.33. The summed E-state index contributed by atoms with van der Waals surface area (Å²) >= 11 is 1.36. The summed E-state index contributed by atoms with van der Waals surface area (Å²) < 4.78 is 0. The fraction of sp³-hybridized carbons (Fsp3) is 0.421. The highest BCUT2D eigenvalue weighted by Gasteiger charge is 2.23. The second-order valence-corrected chi connectivity index (χ2v) is 7.29. The molecule has 0 aliphatic carbocycles. The number of amides is 1. The maximum Gasteiger partial charge on any atom is 0.263 e. The summed E-state index contributed by atoms with van der Waals surface area (Å²) in [5.74, 6) is 0.687. The Morgan fingerprint density at radius 2 is 2.07 bits per heavy atom. The molecule has 1 aromatic carbocycles. The number of thiazole rings is 1. The number of aryl methyl sites for hydroxylation is 1. The van der Waals surface area contributed by atoms with Crippen LogP contribution >= 0.6 is 11.3 Å². The Morgan fingerprint density at radius 3 is 2.78 bits per heavy atom. The molecule has 2 aromatic rings. The van der Waals surface area contributed by atoms with Gasteiger partial charge in [0.2, 0.25) is 0 Å². The molecule has 1 aliphatic rings. The quantitative estimate of drug-likeness (QED) is 0.399. The summed E-state index contributed by atoms with van der Waals surface area (Å²) in [7, 11) is 1.76. The Labute approximate surface area is 163 Å². The maximum absolute atomic E-state index is 12.1. The van der Waals surface area contributed by atoms with Crippen LogP contribution in [0.3, 0.4) is 0 Å². The van der Waals surface area contributed by atoms with Gasteiger partial charge in [-0.1, -0.05) is 18.2 Å². The Kier molecular flexibility index (Phi) is 6.64. The molecular formula is C19H26N6OS. The van der Waals surface area contributed by atoms with Gasteiger partial charge in [-0.15, -0.1) is 11.3 Å². The number of hydrogen-bond donors (Lipinski definition) is 3. The molecule has 1 saturated heterocycles. The number of nitrogens with one attached hydrogen (secondary N) is 3. The first-order valence-corrected chi connectivity index (χ1v) is 10.0. The summed E-state index contributed by atoms with van der Waals surface area (Å²) in [5, 5.41) is 9.63. The number of benzene rings is 1. The molecular weight excluding hydrogens is 360 g/mol. The first-order chi connectivity index (χ1) is 13.2. The first-order valence-electron chi connectivity index (χ1n) is 9.13. The molecule has 0 bridgehead atoms. The molecule has 1 amide bonds. The number of rotatable bonds is 6. The molecule has 1 aliphatic heterocycles. The van der Waals surface area contributed by atoms with E-state index in [1.807, 2.05) is 13.0 Å². The summed E-state index contributed by atoms with van der Waals surface area (Å²) in [6, 6.07) is 10.8. The second kappa shape index (κ2) is 9.36. The lowest BCUT2D eigenvalue weighted by atomic mass is 10.3. The van der Waals surface area contributed by atoms with Gasteiger partial charge in [0.1, 0.15) is 4.88 Å². The Morgan fingerprint density at radius 1 is 1.30 bits per heavy atom. The van der Waals surface area contributed by atoms with Crippen molar-refractivity contribution in [2.24, 2.45) is 4.99 Å². The number of carbonyl (C=O) groups is 1. The lowest BCUT2D eigenvalue weighted by Gasteiger charge is -2.20. The first kappa shape index (κ1) is 19.2. The zero-order valence-corrected chi connectivity index (χ0v) is 16.6. The van der Waals surface area contributed by atoms with Crippen LogP contribution in [-0.4, -0.2) is 56.1 Å². The van der Waals surface area contributed by atoms with Crippen molar-refractivity contribution >= 4 is 28.9 Å². The number of anilines is 1. The zero-order chi connectivity index (χ0) is 19.1. The molecule has 3 rings (SSSR count). The van der Waals surface area contributed by atoms with Gasteiger partial charge in [0, 0.05) is 45.0 Å². The lowest BCUT2D eigenvalue weighted by molar-refractivity contribution is 0.0957. The minimum atomic E-state index is -0.0750. The van der Waals surface area contributed by atoms with E-state index in [2.05, 4.69) is 55.1 Å². The van der Waals surface area contributed by atoms with Gasteiger partial charge in [-0.2, -0.15) is 0 Å². The van der Waals surface area contributed by atoms with Crippen LogP contribution in [0, 0.1) is 6.92 Å². The van der Waals surface area contributed by atoms with Crippen LogP contribution in [0.2, 0.25) is 0 Å². The molecule has 7 nitrogen and oxygen atoms in total. The lowest BCUT2D eigenvalue weighted by Crippen LogP contribution is -2.46. The summed E-state index contributed by atoms with van der Waals surface area (Å²) in [4.78, 5) is 23.5. The van der Waals surface area contributed by atoms with E-state index < -0.39 is 0 Å². The topological polar surface area (TPSA) is 81.6 Å². The Balaban J connectivity index is 1.39. The van der Waals surface area contributed by atoms with Crippen molar-refractivity contribution in [3.8, 4) is 0 Å². The molecule has 1 atom stereocenters. The van der Waals surface area contributed by atoms with Crippen LogP contribution in [0.5, 0.6) is 0 Å². The molecule has 0 spiro atoms. The van der Waals surface area contributed by atoms with Crippen LogP contribution in [0.4, 0.5) is 5.69 Å². The Bertz CT molecular complexity index is 776. The van der Waals surface area contributed by atoms with E-state index in [1.54, 1.807) is 12.6 Å². The highest BCUT2D eigenvalue weighted by atomic mass is 32.1. The van der Waals surface area contributed by atoms with Crippen molar-refractivity contribution < 1.29 is 4.79 Å². The van der Waals surface area contributed by atoms with Gasteiger partial charge in [-0.25, -0.2) is 4.98 Å². The zero-order valence-electron chi connectivity index (χ0n) is 15.7. The van der Waals surface area contributed by atoms with Gasteiger partial charge in [0.15, 0.2) is 5.96 Å². The molecule has 2 heterocycles.